The second-order valence-corrected chi connectivity index (χ2v) is 5.52. The summed E-state index contributed by atoms with van der Waals surface area (Å²) in [6.07, 6.45) is 2.13. The Kier molecular flexibility index (Phi) is 4.31. The summed E-state index contributed by atoms with van der Waals surface area (Å²) < 4.78 is 12.8. The SMILES string of the molecule is CC(C)(C)n1cc(CNCC2COCCO2)nn1. The smallest absolute Gasteiger partial charge is 0.0965 e. The van der Waals surface area contributed by atoms with E-state index < -0.39 is 0 Å². The van der Waals surface area contributed by atoms with Gasteiger partial charge >= 0.3 is 0 Å². The van der Waals surface area contributed by atoms with E-state index in [1.54, 1.807) is 0 Å². The first kappa shape index (κ1) is 13.5. The van der Waals surface area contributed by atoms with E-state index in [2.05, 4.69) is 36.4 Å². The van der Waals surface area contributed by atoms with Gasteiger partial charge in [0, 0.05) is 13.1 Å². The fourth-order valence-electron chi connectivity index (χ4n) is 1.72. The summed E-state index contributed by atoms with van der Waals surface area (Å²) in [6.45, 7) is 9.85. The van der Waals surface area contributed by atoms with Crippen LogP contribution in [0.5, 0.6) is 0 Å². The van der Waals surface area contributed by atoms with Crippen LogP contribution in [0.3, 0.4) is 0 Å². The van der Waals surface area contributed by atoms with E-state index in [4.69, 9.17) is 9.47 Å². The fraction of sp³-hybridized carbons (Fsp3) is 0.833. The molecule has 0 saturated carbocycles. The monoisotopic (exact) mass is 254 g/mol. The lowest BCUT2D eigenvalue weighted by molar-refractivity contribution is -0.0864. The molecule has 18 heavy (non-hydrogen) atoms. The summed E-state index contributed by atoms with van der Waals surface area (Å²) in [6, 6.07) is 0. The molecule has 0 bridgehead atoms. The maximum absolute atomic E-state index is 5.55. The van der Waals surface area contributed by atoms with Crippen molar-refractivity contribution in [1.82, 2.24) is 20.3 Å². The lowest BCUT2D eigenvalue weighted by Crippen LogP contribution is -2.37. The Morgan fingerprint density at radius 2 is 2.28 bits per heavy atom. The highest BCUT2D eigenvalue weighted by atomic mass is 16.6. The van der Waals surface area contributed by atoms with Crippen LogP contribution in [0, 0.1) is 0 Å². The predicted molar refractivity (Wildman–Crippen MR) is 67.3 cm³/mol. The Hall–Kier alpha value is -0.980. The third-order valence-electron chi connectivity index (χ3n) is 2.79. The third-order valence-corrected chi connectivity index (χ3v) is 2.79. The molecule has 2 heterocycles. The first-order valence-electron chi connectivity index (χ1n) is 6.37. The summed E-state index contributed by atoms with van der Waals surface area (Å²) in [4.78, 5) is 0. The highest BCUT2D eigenvalue weighted by Gasteiger charge is 2.16. The molecule has 6 heteroatoms. The summed E-state index contributed by atoms with van der Waals surface area (Å²) in [5.74, 6) is 0. The maximum atomic E-state index is 5.55. The Morgan fingerprint density at radius 3 is 2.89 bits per heavy atom. The molecule has 1 fully saturated rings. The molecule has 2 rings (SSSR count). The van der Waals surface area contributed by atoms with Crippen molar-refractivity contribution in [3.05, 3.63) is 11.9 Å². The molecular weight excluding hydrogens is 232 g/mol. The maximum Gasteiger partial charge on any atom is 0.0965 e. The van der Waals surface area contributed by atoms with Gasteiger partial charge in [-0.05, 0) is 20.8 Å². The van der Waals surface area contributed by atoms with Crippen molar-refractivity contribution in [3.63, 3.8) is 0 Å². The third kappa shape index (κ3) is 3.76. The first-order valence-corrected chi connectivity index (χ1v) is 6.37. The van der Waals surface area contributed by atoms with Crippen LogP contribution in [-0.2, 0) is 21.6 Å². The molecule has 1 unspecified atom stereocenters. The minimum atomic E-state index is -0.0223. The number of aromatic nitrogens is 3. The van der Waals surface area contributed by atoms with Gasteiger partial charge in [0.2, 0.25) is 0 Å². The van der Waals surface area contributed by atoms with Gasteiger partial charge < -0.3 is 14.8 Å². The second kappa shape index (κ2) is 5.77. The van der Waals surface area contributed by atoms with Gasteiger partial charge in [0.1, 0.15) is 0 Å². The van der Waals surface area contributed by atoms with E-state index in [0.29, 0.717) is 26.4 Å². The van der Waals surface area contributed by atoms with Gasteiger partial charge in [-0.3, -0.25) is 0 Å². The van der Waals surface area contributed by atoms with Crippen molar-refractivity contribution in [1.29, 1.82) is 0 Å². The van der Waals surface area contributed by atoms with Crippen LogP contribution in [0.1, 0.15) is 26.5 Å². The standard InChI is InChI=1S/C12H22N4O2/c1-12(2,3)16-8-10(14-15-16)6-13-7-11-9-17-4-5-18-11/h8,11,13H,4-7,9H2,1-3H3. The molecule has 1 N–H and O–H groups in total. The molecule has 0 spiro atoms. The van der Waals surface area contributed by atoms with Crippen molar-refractivity contribution in [2.45, 2.75) is 39.0 Å². The van der Waals surface area contributed by atoms with Gasteiger partial charge in [0.15, 0.2) is 0 Å². The highest BCUT2D eigenvalue weighted by molar-refractivity contribution is 4.94. The summed E-state index contributed by atoms with van der Waals surface area (Å²) in [5.41, 5.74) is 0.924. The fourth-order valence-corrected chi connectivity index (χ4v) is 1.72. The lowest BCUT2D eigenvalue weighted by atomic mass is 10.1. The van der Waals surface area contributed by atoms with Gasteiger partial charge in [-0.1, -0.05) is 5.21 Å². The van der Waals surface area contributed by atoms with Crippen LogP contribution in [0.4, 0.5) is 0 Å². The second-order valence-electron chi connectivity index (χ2n) is 5.52. The minimum Gasteiger partial charge on any atom is -0.376 e. The first-order chi connectivity index (χ1) is 8.55. The number of hydrogen-bond acceptors (Lipinski definition) is 5. The van der Waals surface area contributed by atoms with Crippen molar-refractivity contribution < 1.29 is 9.47 Å². The van der Waals surface area contributed by atoms with Gasteiger partial charge in [-0.25, -0.2) is 4.68 Å². The van der Waals surface area contributed by atoms with E-state index in [1.807, 2.05) is 10.9 Å². The van der Waals surface area contributed by atoms with Crippen molar-refractivity contribution in [2.24, 2.45) is 0 Å². The molecule has 0 amide bonds. The zero-order valence-electron chi connectivity index (χ0n) is 11.3. The van der Waals surface area contributed by atoms with E-state index >= 15 is 0 Å². The zero-order chi connectivity index (χ0) is 13.0. The summed E-state index contributed by atoms with van der Waals surface area (Å²) >= 11 is 0. The van der Waals surface area contributed by atoms with E-state index in [9.17, 15) is 0 Å². The lowest BCUT2D eigenvalue weighted by Gasteiger charge is -2.22. The largest absolute Gasteiger partial charge is 0.376 e. The minimum absolute atomic E-state index is 0.0223. The molecule has 1 aliphatic heterocycles. The van der Waals surface area contributed by atoms with Crippen molar-refractivity contribution >= 4 is 0 Å². The zero-order valence-corrected chi connectivity index (χ0v) is 11.3. The van der Waals surface area contributed by atoms with Gasteiger partial charge in [-0.15, -0.1) is 5.10 Å². The molecule has 0 aliphatic carbocycles. The van der Waals surface area contributed by atoms with Gasteiger partial charge in [0.05, 0.1) is 43.4 Å². The molecule has 1 aromatic rings. The van der Waals surface area contributed by atoms with Crippen molar-refractivity contribution in [2.75, 3.05) is 26.4 Å². The van der Waals surface area contributed by atoms with Gasteiger partial charge in [-0.2, -0.15) is 0 Å². The molecule has 0 aromatic carbocycles. The summed E-state index contributed by atoms with van der Waals surface area (Å²) in [5, 5.41) is 11.6. The molecule has 6 nitrogen and oxygen atoms in total. The van der Waals surface area contributed by atoms with Crippen LogP contribution in [0.25, 0.3) is 0 Å². The predicted octanol–water partition coefficient (Wildman–Crippen LogP) is 0.538. The Balaban J connectivity index is 1.74. The molecular formula is C12H22N4O2. The Bertz CT molecular complexity index is 366. The van der Waals surface area contributed by atoms with Crippen LogP contribution < -0.4 is 5.32 Å². The topological polar surface area (TPSA) is 61.2 Å². The number of nitrogens with one attached hydrogen (secondary N) is 1. The average Bonchev–Trinajstić information content (AvgIpc) is 2.79. The normalized spacial score (nSPS) is 21.2. The van der Waals surface area contributed by atoms with E-state index in [-0.39, 0.29) is 11.6 Å². The van der Waals surface area contributed by atoms with Crippen LogP contribution in [-0.4, -0.2) is 47.5 Å². The molecule has 0 radical (unpaired) electrons. The Morgan fingerprint density at radius 1 is 1.44 bits per heavy atom. The molecule has 1 aliphatic rings. The number of ether oxygens (including phenoxy) is 2. The number of hydrogen-bond donors (Lipinski definition) is 1. The molecule has 1 saturated heterocycles. The molecule has 1 aromatic heterocycles. The van der Waals surface area contributed by atoms with E-state index in [1.165, 1.54) is 0 Å². The Labute approximate surface area is 108 Å². The van der Waals surface area contributed by atoms with Gasteiger partial charge in [0.25, 0.3) is 0 Å². The van der Waals surface area contributed by atoms with Crippen LogP contribution in [0.15, 0.2) is 6.20 Å². The molecule has 1 atom stereocenters. The number of nitrogens with zero attached hydrogens (tertiary/aromatic N) is 3. The number of rotatable bonds is 4. The highest BCUT2D eigenvalue weighted by Crippen LogP contribution is 2.11. The quantitative estimate of drug-likeness (QED) is 0.849. The molecule has 102 valence electrons. The average molecular weight is 254 g/mol. The van der Waals surface area contributed by atoms with Crippen LogP contribution >= 0.6 is 0 Å². The van der Waals surface area contributed by atoms with Crippen LogP contribution in [0.2, 0.25) is 0 Å². The van der Waals surface area contributed by atoms with Crippen molar-refractivity contribution in [3.8, 4) is 0 Å². The summed E-state index contributed by atoms with van der Waals surface area (Å²) in [7, 11) is 0. The van der Waals surface area contributed by atoms with E-state index in [0.717, 1.165) is 12.2 Å².